The van der Waals surface area contributed by atoms with Crippen LogP contribution in [-0.2, 0) is 22.6 Å². The summed E-state index contributed by atoms with van der Waals surface area (Å²) < 4.78 is 59.0. The van der Waals surface area contributed by atoms with Crippen LogP contribution >= 0.6 is 0 Å². The number of nitrogens with one attached hydrogen (secondary N) is 1. The third kappa shape index (κ3) is 5.51. The first kappa shape index (κ1) is 25.6. The summed E-state index contributed by atoms with van der Waals surface area (Å²) in [5.74, 6) is -2.83. The molecular formula is C25H26F4N4O3. The minimum Gasteiger partial charge on any atom is -0.383 e. The number of alkyl halides is 3. The van der Waals surface area contributed by atoms with E-state index in [0.29, 0.717) is 55.8 Å². The van der Waals surface area contributed by atoms with Crippen molar-refractivity contribution in [3.05, 3.63) is 65.4 Å². The SMILES string of the molecule is COCCn1cc(C(=O)N2CCC(c3cc(CNC(=O)C(F)(F)F)ccc3F)CC2)c2cnccc21. The quantitative estimate of drug-likeness (QED) is 0.492. The van der Waals surface area contributed by atoms with Gasteiger partial charge < -0.3 is 19.5 Å². The molecule has 0 bridgehead atoms. The van der Waals surface area contributed by atoms with Crippen LogP contribution in [0.2, 0.25) is 0 Å². The van der Waals surface area contributed by atoms with Crippen LogP contribution in [0, 0.1) is 5.82 Å². The Labute approximate surface area is 205 Å². The average molecular weight is 507 g/mol. The number of nitrogens with zero attached hydrogens (tertiary/aromatic N) is 3. The molecule has 7 nitrogen and oxygen atoms in total. The van der Waals surface area contributed by atoms with Crippen molar-refractivity contribution in [1.82, 2.24) is 19.8 Å². The average Bonchev–Trinajstić information content (AvgIpc) is 3.24. The number of carbonyl (C=O) groups is 2. The predicted molar refractivity (Wildman–Crippen MR) is 124 cm³/mol. The highest BCUT2D eigenvalue weighted by Crippen LogP contribution is 2.32. The van der Waals surface area contributed by atoms with E-state index in [1.165, 1.54) is 18.2 Å². The second kappa shape index (κ2) is 10.7. The molecule has 1 aliphatic rings. The summed E-state index contributed by atoms with van der Waals surface area (Å²) in [6.45, 7) is 1.54. The van der Waals surface area contributed by atoms with Crippen molar-refractivity contribution in [2.24, 2.45) is 0 Å². The smallest absolute Gasteiger partial charge is 0.383 e. The topological polar surface area (TPSA) is 76.5 Å². The monoisotopic (exact) mass is 506 g/mol. The van der Waals surface area contributed by atoms with Crippen LogP contribution in [0.4, 0.5) is 17.6 Å². The zero-order valence-electron chi connectivity index (χ0n) is 19.6. The van der Waals surface area contributed by atoms with Gasteiger partial charge in [0, 0.05) is 57.3 Å². The van der Waals surface area contributed by atoms with E-state index in [1.807, 2.05) is 10.6 Å². The molecule has 11 heteroatoms. The summed E-state index contributed by atoms with van der Waals surface area (Å²) in [6, 6.07) is 5.88. The van der Waals surface area contributed by atoms with Gasteiger partial charge in [0.05, 0.1) is 17.7 Å². The number of carbonyl (C=O) groups excluding carboxylic acids is 2. The molecule has 0 spiro atoms. The standard InChI is InChI=1S/C25H26F4N4O3/c1-36-11-10-33-15-20(19-14-30-7-4-22(19)33)23(34)32-8-5-17(6-9-32)18-12-16(2-3-21(18)26)13-31-24(35)25(27,28)29/h2-4,7,12,14-15,17H,5-6,8-11,13H2,1H3,(H,31,35). The maximum Gasteiger partial charge on any atom is 0.471 e. The minimum atomic E-state index is -4.98. The second-order valence-electron chi connectivity index (χ2n) is 8.72. The lowest BCUT2D eigenvalue weighted by atomic mass is 9.88. The van der Waals surface area contributed by atoms with E-state index in [-0.39, 0.29) is 18.4 Å². The van der Waals surface area contributed by atoms with Gasteiger partial charge in [-0.05, 0) is 42.0 Å². The van der Waals surface area contributed by atoms with E-state index >= 15 is 0 Å². The Hall–Kier alpha value is -3.47. The molecular weight excluding hydrogens is 480 g/mol. The van der Waals surface area contributed by atoms with Crippen LogP contribution in [0.3, 0.4) is 0 Å². The number of pyridine rings is 1. The fourth-order valence-electron chi connectivity index (χ4n) is 4.55. The zero-order chi connectivity index (χ0) is 25.9. The van der Waals surface area contributed by atoms with Crippen LogP contribution in [-0.4, -0.2) is 59.2 Å². The van der Waals surface area contributed by atoms with E-state index in [0.717, 1.165) is 10.9 Å². The van der Waals surface area contributed by atoms with Crippen LogP contribution in [0.25, 0.3) is 10.9 Å². The lowest BCUT2D eigenvalue weighted by Gasteiger charge is -2.32. The third-order valence-electron chi connectivity index (χ3n) is 6.44. The van der Waals surface area contributed by atoms with Gasteiger partial charge in [0.25, 0.3) is 5.91 Å². The molecule has 0 radical (unpaired) electrons. The Morgan fingerprint density at radius 1 is 1.19 bits per heavy atom. The molecule has 2 aromatic heterocycles. The summed E-state index contributed by atoms with van der Waals surface area (Å²) in [5, 5.41) is 2.55. The molecule has 0 aliphatic carbocycles. The predicted octanol–water partition coefficient (Wildman–Crippen LogP) is 4.02. The van der Waals surface area contributed by atoms with Crippen molar-refractivity contribution in [2.45, 2.75) is 38.0 Å². The number of likely N-dealkylation sites (tertiary alicyclic amines) is 1. The van der Waals surface area contributed by atoms with E-state index in [4.69, 9.17) is 4.74 Å². The van der Waals surface area contributed by atoms with Crippen molar-refractivity contribution in [3.8, 4) is 0 Å². The largest absolute Gasteiger partial charge is 0.471 e. The van der Waals surface area contributed by atoms with Crippen molar-refractivity contribution >= 4 is 22.7 Å². The first-order chi connectivity index (χ1) is 17.2. The van der Waals surface area contributed by atoms with Crippen LogP contribution in [0.15, 0.2) is 42.9 Å². The van der Waals surface area contributed by atoms with Crippen LogP contribution in [0.1, 0.15) is 40.2 Å². The van der Waals surface area contributed by atoms with Gasteiger partial charge in [-0.15, -0.1) is 0 Å². The molecule has 1 fully saturated rings. The summed E-state index contributed by atoms with van der Waals surface area (Å²) in [5.41, 5.74) is 2.18. The maximum absolute atomic E-state index is 14.6. The number of halogens is 4. The molecule has 0 unspecified atom stereocenters. The molecule has 1 aliphatic heterocycles. The number of ether oxygens (including phenoxy) is 1. The molecule has 3 aromatic rings. The summed E-state index contributed by atoms with van der Waals surface area (Å²) >= 11 is 0. The molecule has 1 N–H and O–H groups in total. The van der Waals surface area contributed by atoms with Crippen molar-refractivity contribution < 1.29 is 31.9 Å². The van der Waals surface area contributed by atoms with E-state index in [9.17, 15) is 27.2 Å². The summed E-state index contributed by atoms with van der Waals surface area (Å²) in [7, 11) is 1.61. The number of fused-ring (bicyclic) bond motifs is 1. The van der Waals surface area contributed by atoms with Gasteiger partial charge in [0.1, 0.15) is 5.82 Å². The van der Waals surface area contributed by atoms with Crippen LogP contribution < -0.4 is 5.32 Å². The highest BCUT2D eigenvalue weighted by atomic mass is 19.4. The first-order valence-corrected chi connectivity index (χ1v) is 11.5. The third-order valence-corrected chi connectivity index (χ3v) is 6.44. The van der Waals surface area contributed by atoms with Gasteiger partial charge in [-0.25, -0.2) is 4.39 Å². The van der Waals surface area contributed by atoms with Crippen molar-refractivity contribution in [1.29, 1.82) is 0 Å². The van der Waals surface area contributed by atoms with Gasteiger partial charge in [-0.1, -0.05) is 12.1 Å². The highest BCUT2D eigenvalue weighted by molar-refractivity contribution is 6.06. The number of amides is 2. The first-order valence-electron chi connectivity index (χ1n) is 11.5. The lowest BCUT2D eigenvalue weighted by Crippen LogP contribution is -2.38. The normalized spacial score (nSPS) is 14.9. The molecule has 2 amide bonds. The number of benzene rings is 1. The van der Waals surface area contributed by atoms with Gasteiger partial charge >= 0.3 is 12.1 Å². The van der Waals surface area contributed by atoms with E-state index < -0.39 is 17.9 Å². The maximum atomic E-state index is 14.6. The summed E-state index contributed by atoms with van der Waals surface area (Å²) in [4.78, 5) is 30.3. The van der Waals surface area contributed by atoms with E-state index in [1.54, 1.807) is 35.9 Å². The van der Waals surface area contributed by atoms with Gasteiger partial charge in [-0.2, -0.15) is 13.2 Å². The van der Waals surface area contributed by atoms with Crippen molar-refractivity contribution in [3.63, 3.8) is 0 Å². The Balaban J connectivity index is 1.44. The fraction of sp³-hybridized carbons (Fsp3) is 0.400. The molecule has 1 saturated heterocycles. The molecule has 192 valence electrons. The molecule has 4 rings (SSSR count). The van der Waals surface area contributed by atoms with Gasteiger partial charge in [-0.3, -0.25) is 14.6 Å². The number of aromatic nitrogens is 2. The van der Waals surface area contributed by atoms with E-state index in [2.05, 4.69) is 4.98 Å². The molecule has 0 atom stereocenters. The zero-order valence-corrected chi connectivity index (χ0v) is 19.6. The fourth-order valence-corrected chi connectivity index (χ4v) is 4.55. The van der Waals surface area contributed by atoms with Gasteiger partial charge in [0.2, 0.25) is 0 Å². The Morgan fingerprint density at radius 3 is 2.64 bits per heavy atom. The number of rotatable bonds is 7. The number of hydrogen-bond donors (Lipinski definition) is 1. The Kier molecular flexibility index (Phi) is 7.58. The number of hydrogen-bond acceptors (Lipinski definition) is 4. The second-order valence-corrected chi connectivity index (χ2v) is 8.72. The molecule has 1 aromatic carbocycles. The van der Waals surface area contributed by atoms with Crippen molar-refractivity contribution in [2.75, 3.05) is 26.8 Å². The number of methoxy groups -OCH3 is 1. The molecule has 0 saturated carbocycles. The lowest BCUT2D eigenvalue weighted by molar-refractivity contribution is -0.173. The number of piperidine rings is 1. The summed E-state index contributed by atoms with van der Waals surface area (Å²) in [6.07, 6.45) is 1.16. The van der Waals surface area contributed by atoms with Gasteiger partial charge in [0.15, 0.2) is 0 Å². The minimum absolute atomic E-state index is 0.133. The Bertz CT molecular complexity index is 1250. The Morgan fingerprint density at radius 2 is 1.94 bits per heavy atom. The van der Waals surface area contributed by atoms with Crippen LogP contribution in [0.5, 0.6) is 0 Å². The molecule has 36 heavy (non-hydrogen) atoms. The molecule has 3 heterocycles. The highest BCUT2D eigenvalue weighted by Gasteiger charge is 2.38.